The Morgan fingerprint density at radius 2 is 2.00 bits per heavy atom. The van der Waals surface area contributed by atoms with E-state index in [1.165, 1.54) is 32.1 Å². The van der Waals surface area contributed by atoms with Gasteiger partial charge in [-0.2, -0.15) is 26.7 Å². The second-order valence-electron chi connectivity index (χ2n) is 5.36. The van der Waals surface area contributed by atoms with Gasteiger partial charge in [0, 0.05) is 11.3 Å². The summed E-state index contributed by atoms with van der Waals surface area (Å²) in [5.74, 6) is 0.500. The molecule has 0 saturated heterocycles. The van der Waals surface area contributed by atoms with Crippen LogP contribution in [-0.4, -0.2) is 39.1 Å². The third-order valence-electron chi connectivity index (χ3n) is 3.79. The van der Waals surface area contributed by atoms with Crippen LogP contribution in [0.25, 0.3) is 0 Å². The van der Waals surface area contributed by atoms with E-state index in [1.54, 1.807) is 0 Å². The summed E-state index contributed by atoms with van der Waals surface area (Å²) in [6, 6.07) is 0.293. The van der Waals surface area contributed by atoms with Crippen molar-refractivity contribution in [2.45, 2.75) is 50.2 Å². The summed E-state index contributed by atoms with van der Waals surface area (Å²) in [4.78, 5) is 12.4. The zero-order valence-electron chi connectivity index (χ0n) is 12.7. The molecule has 0 amide bonds. The van der Waals surface area contributed by atoms with E-state index in [9.17, 15) is 0 Å². The summed E-state index contributed by atoms with van der Waals surface area (Å²) in [7, 11) is 0. The Bertz CT molecular complexity index is 455. The maximum absolute atomic E-state index is 5.93. The summed E-state index contributed by atoms with van der Waals surface area (Å²) < 4.78 is 5.71. The van der Waals surface area contributed by atoms with Gasteiger partial charge in [0.25, 0.3) is 0 Å². The molecule has 0 atom stereocenters. The van der Waals surface area contributed by atoms with Gasteiger partial charge in [0.05, 0.1) is 6.61 Å². The molecule has 1 heterocycles. The van der Waals surface area contributed by atoms with Crippen molar-refractivity contribution in [1.82, 2.24) is 15.0 Å². The number of hydrogen-bond donors (Lipinski definition) is 1. The number of nitrogens with one attached hydrogen (secondary N) is 1. The van der Waals surface area contributed by atoms with Gasteiger partial charge in [0.2, 0.25) is 11.2 Å². The summed E-state index contributed by atoms with van der Waals surface area (Å²) in [6.45, 7) is 3.46. The standard InChI is InChI=1S/C14H23ClN4OS/c1-3-9-20-13-18-11(15)17-12(19-13)16-10-14(21-2)7-5-4-6-8-14/h3-10H2,1-2H3,(H,16,17,18,19). The monoisotopic (exact) mass is 330 g/mol. The zero-order valence-corrected chi connectivity index (χ0v) is 14.3. The molecule has 1 aliphatic rings. The Morgan fingerprint density at radius 3 is 2.67 bits per heavy atom. The third kappa shape index (κ3) is 4.88. The lowest BCUT2D eigenvalue weighted by atomic mass is 9.88. The van der Waals surface area contributed by atoms with Crippen LogP contribution < -0.4 is 10.1 Å². The second kappa shape index (κ2) is 8.03. The van der Waals surface area contributed by atoms with E-state index in [-0.39, 0.29) is 10.0 Å². The minimum atomic E-state index is 0.167. The number of nitrogens with zero attached hydrogens (tertiary/aromatic N) is 3. The van der Waals surface area contributed by atoms with Gasteiger partial charge in [0.15, 0.2) is 0 Å². The summed E-state index contributed by atoms with van der Waals surface area (Å²) in [5, 5.41) is 3.48. The molecule has 0 aliphatic heterocycles. The van der Waals surface area contributed by atoms with Gasteiger partial charge < -0.3 is 10.1 Å². The van der Waals surface area contributed by atoms with E-state index in [0.717, 1.165) is 13.0 Å². The lowest BCUT2D eigenvalue weighted by Gasteiger charge is -2.35. The van der Waals surface area contributed by atoms with E-state index < -0.39 is 0 Å². The highest BCUT2D eigenvalue weighted by atomic mass is 35.5. The molecule has 0 aromatic carbocycles. The lowest BCUT2D eigenvalue weighted by Crippen LogP contribution is -2.36. The normalized spacial score (nSPS) is 17.5. The Labute approximate surface area is 135 Å². The number of ether oxygens (including phenoxy) is 1. The van der Waals surface area contributed by atoms with Crippen molar-refractivity contribution in [2.75, 3.05) is 24.7 Å². The van der Waals surface area contributed by atoms with Crippen molar-refractivity contribution in [2.24, 2.45) is 0 Å². The summed E-state index contributed by atoms with van der Waals surface area (Å²) in [5.41, 5.74) is 0. The SMILES string of the molecule is CCCOc1nc(Cl)nc(NCC2(SC)CCCCC2)n1. The van der Waals surface area contributed by atoms with Crippen LogP contribution in [0.15, 0.2) is 0 Å². The molecule has 1 aromatic heterocycles. The van der Waals surface area contributed by atoms with Crippen molar-refractivity contribution in [3.05, 3.63) is 5.28 Å². The maximum Gasteiger partial charge on any atom is 0.322 e. The Hall–Kier alpha value is -0.750. The van der Waals surface area contributed by atoms with Crippen molar-refractivity contribution in [1.29, 1.82) is 0 Å². The van der Waals surface area contributed by atoms with Gasteiger partial charge in [-0.3, -0.25) is 0 Å². The van der Waals surface area contributed by atoms with Crippen LogP contribution in [0.2, 0.25) is 5.28 Å². The molecular formula is C14H23ClN4OS. The zero-order chi connectivity index (χ0) is 15.1. The topological polar surface area (TPSA) is 59.9 Å². The molecule has 1 fully saturated rings. The van der Waals surface area contributed by atoms with Gasteiger partial charge in [-0.1, -0.05) is 26.2 Å². The first-order chi connectivity index (χ1) is 10.2. The lowest BCUT2D eigenvalue weighted by molar-refractivity contribution is 0.291. The van der Waals surface area contributed by atoms with Gasteiger partial charge in [-0.15, -0.1) is 0 Å². The quantitative estimate of drug-likeness (QED) is 0.820. The van der Waals surface area contributed by atoms with Crippen LogP contribution in [0.5, 0.6) is 6.01 Å². The predicted molar refractivity (Wildman–Crippen MR) is 88.4 cm³/mol. The fourth-order valence-electron chi connectivity index (χ4n) is 2.56. The number of anilines is 1. The van der Waals surface area contributed by atoms with Crippen LogP contribution in [0.1, 0.15) is 45.4 Å². The van der Waals surface area contributed by atoms with E-state index in [4.69, 9.17) is 16.3 Å². The molecule has 0 spiro atoms. The minimum absolute atomic E-state index is 0.167. The average molecular weight is 331 g/mol. The number of aromatic nitrogens is 3. The molecule has 1 N–H and O–H groups in total. The van der Waals surface area contributed by atoms with E-state index in [2.05, 4.69) is 26.5 Å². The first-order valence-corrected chi connectivity index (χ1v) is 9.11. The summed E-state index contributed by atoms with van der Waals surface area (Å²) in [6.07, 6.45) is 9.49. The van der Waals surface area contributed by atoms with Gasteiger partial charge in [-0.25, -0.2) is 0 Å². The minimum Gasteiger partial charge on any atom is -0.463 e. The molecule has 1 aliphatic carbocycles. The van der Waals surface area contributed by atoms with E-state index in [0.29, 0.717) is 18.6 Å². The van der Waals surface area contributed by atoms with Crippen molar-refractivity contribution in [3.63, 3.8) is 0 Å². The smallest absolute Gasteiger partial charge is 0.322 e. The first kappa shape index (κ1) is 16.6. The van der Waals surface area contributed by atoms with Crippen molar-refractivity contribution >= 4 is 29.3 Å². The van der Waals surface area contributed by atoms with Crippen molar-refractivity contribution < 1.29 is 4.74 Å². The molecule has 2 rings (SSSR count). The summed E-state index contributed by atoms with van der Waals surface area (Å²) >= 11 is 7.87. The van der Waals surface area contributed by atoms with Gasteiger partial charge >= 0.3 is 6.01 Å². The molecule has 21 heavy (non-hydrogen) atoms. The van der Waals surface area contributed by atoms with Crippen molar-refractivity contribution in [3.8, 4) is 6.01 Å². The highest BCUT2D eigenvalue weighted by Gasteiger charge is 2.31. The molecule has 118 valence electrons. The fraction of sp³-hybridized carbons (Fsp3) is 0.786. The van der Waals surface area contributed by atoms with Crippen LogP contribution >= 0.6 is 23.4 Å². The van der Waals surface area contributed by atoms with E-state index >= 15 is 0 Å². The van der Waals surface area contributed by atoms with Crippen LogP contribution in [-0.2, 0) is 0 Å². The molecular weight excluding hydrogens is 308 g/mol. The first-order valence-electron chi connectivity index (χ1n) is 7.51. The maximum atomic E-state index is 5.93. The Balaban J connectivity index is 1.99. The number of rotatable bonds is 7. The largest absolute Gasteiger partial charge is 0.463 e. The molecule has 7 heteroatoms. The van der Waals surface area contributed by atoms with Gasteiger partial charge in [-0.05, 0) is 37.1 Å². The predicted octanol–water partition coefficient (Wildman–Crippen LogP) is 3.79. The second-order valence-corrected chi connectivity index (χ2v) is 6.97. The molecule has 1 saturated carbocycles. The fourth-order valence-corrected chi connectivity index (χ4v) is 3.62. The molecule has 5 nitrogen and oxygen atoms in total. The molecule has 0 radical (unpaired) electrons. The highest BCUT2D eigenvalue weighted by molar-refractivity contribution is 8.00. The molecule has 0 unspecified atom stereocenters. The Morgan fingerprint density at radius 1 is 1.24 bits per heavy atom. The van der Waals surface area contributed by atoms with Crippen LogP contribution in [0.3, 0.4) is 0 Å². The third-order valence-corrected chi connectivity index (χ3v) is 5.38. The average Bonchev–Trinajstić information content (AvgIpc) is 2.51. The number of hydrogen-bond acceptors (Lipinski definition) is 6. The van der Waals surface area contributed by atoms with Crippen LogP contribution in [0, 0.1) is 0 Å². The van der Waals surface area contributed by atoms with Crippen LogP contribution in [0.4, 0.5) is 5.95 Å². The van der Waals surface area contributed by atoms with E-state index in [1.807, 2.05) is 18.7 Å². The number of thioether (sulfide) groups is 1. The number of halogens is 1. The molecule has 1 aromatic rings. The highest BCUT2D eigenvalue weighted by Crippen LogP contribution is 2.38. The Kier molecular flexibility index (Phi) is 6.36. The van der Waals surface area contributed by atoms with Gasteiger partial charge in [0.1, 0.15) is 0 Å². The molecule has 0 bridgehead atoms.